The van der Waals surface area contributed by atoms with Gasteiger partial charge in [0, 0.05) is 0 Å². The highest BCUT2D eigenvalue weighted by molar-refractivity contribution is 5.82. The lowest BCUT2D eigenvalue weighted by molar-refractivity contribution is -0.126. The standard InChI is InChI=1S/C8H18N2O4/c1-2-6(9)7(14)10-8(3-11,4-12)5-13/h6,11-13H,2-5,9H2,1H3,(H,10,14)/t6-/m0/s1. The summed E-state index contributed by atoms with van der Waals surface area (Å²) in [7, 11) is 0. The molecule has 0 unspecified atom stereocenters. The molecule has 0 rings (SSSR count). The summed E-state index contributed by atoms with van der Waals surface area (Å²) in [5.41, 5.74) is 4.05. The van der Waals surface area contributed by atoms with Gasteiger partial charge in [-0.15, -0.1) is 0 Å². The Balaban J connectivity index is 4.37. The topological polar surface area (TPSA) is 116 Å². The number of amides is 1. The van der Waals surface area contributed by atoms with Crippen molar-refractivity contribution >= 4 is 5.91 Å². The Hall–Kier alpha value is -0.690. The second-order valence-electron chi connectivity index (χ2n) is 3.26. The Kier molecular flexibility index (Phi) is 5.63. The molecule has 0 radical (unpaired) electrons. The number of rotatable bonds is 6. The molecule has 84 valence electrons. The summed E-state index contributed by atoms with van der Waals surface area (Å²) < 4.78 is 0. The van der Waals surface area contributed by atoms with E-state index in [0.717, 1.165) is 0 Å². The summed E-state index contributed by atoms with van der Waals surface area (Å²) in [6.07, 6.45) is 0.449. The van der Waals surface area contributed by atoms with Gasteiger partial charge < -0.3 is 26.4 Å². The Morgan fingerprint density at radius 2 is 1.79 bits per heavy atom. The van der Waals surface area contributed by atoms with Gasteiger partial charge in [-0.3, -0.25) is 4.79 Å². The minimum Gasteiger partial charge on any atom is -0.394 e. The molecular weight excluding hydrogens is 188 g/mol. The molecule has 0 aliphatic carbocycles. The molecule has 1 atom stereocenters. The maximum Gasteiger partial charge on any atom is 0.237 e. The Morgan fingerprint density at radius 3 is 2.07 bits per heavy atom. The summed E-state index contributed by atoms with van der Waals surface area (Å²) in [5.74, 6) is -0.496. The quantitative estimate of drug-likeness (QED) is 0.331. The maximum absolute atomic E-state index is 11.3. The zero-order valence-electron chi connectivity index (χ0n) is 8.23. The van der Waals surface area contributed by atoms with Gasteiger partial charge in [0.05, 0.1) is 25.9 Å². The van der Waals surface area contributed by atoms with Gasteiger partial charge in [0.15, 0.2) is 0 Å². The SMILES string of the molecule is CC[C@H](N)C(=O)NC(CO)(CO)CO. The van der Waals surface area contributed by atoms with Crippen LogP contribution in [0.2, 0.25) is 0 Å². The molecule has 0 heterocycles. The highest BCUT2D eigenvalue weighted by atomic mass is 16.3. The molecule has 6 heteroatoms. The van der Waals surface area contributed by atoms with Crippen molar-refractivity contribution < 1.29 is 20.1 Å². The van der Waals surface area contributed by atoms with Crippen LogP contribution in [0.1, 0.15) is 13.3 Å². The third-order valence-electron chi connectivity index (χ3n) is 2.07. The van der Waals surface area contributed by atoms with Crippen molar-refractivity contribution in [3.63, 3.8) is 0 Å². The second-order valence-corrected chi connectivity index (χ2v) is 3.26. The Morgan fingerprint density at radius 1 is 1.36 bits per heavy atom. The van der Waals surface area contributed by atoms with Gasteiger partial charge in [0.1, 0.15) is 5.54 Å². The first-order valence-electron chi connectivity index (χ1n) is 4.45. The van der Waals surface area contributed by atoms with Gasteiger partial charge in [-0.2, -0.15) is 0 Å². The maximum atomic E-state index is 11.3. The summed E-state index contributed by atoms with van der Waals surface area (Å²) >= 11 is 0. The number of aliphatic hydroxyl groups excluding tert-OH is 3. The fourth-order valence-electron chi connectivity index (χ4n) is 0.808. The Bertz CT molecular complexity index is 174. The third-order valence-corrected chi connectivity index (χ3v) is 2.07. The van der Waals surface area contributed by atoms with E-state index in [1.165, 1.54) is 0 Å². The molecule has 14 heavy (non-hydrogen) atoms. The van der Waals surface area contributed by atoms with Crippen LogP contribution < -0.4 is 11.1 Å². The van der Waals surface area contributed by atoms with Gasteiger partial charge in [0.2, 0.25) is 5.91 Å². The number of carbonyl (C=O) groups is 1. The summed E-state index contributed by atoms with van der Waals surface area (Å²) in [6, 6.07) is -0.695. The van der Waals surface area contributed by atoms with E-state index in [-0.39, 0.29) is 0 Å². The lowest BCUT2D eigenvalue weighted by Crippen LogP contribution is -2.60. The molecule has 0 aromatic heterocycles. The smallest absolute Gasteiger partial charge is 0.237 e. The van der Waals surface area contributed by atoms with Crippen LogP contribution >= 0.6 is 0 Å². The van der Waals surface area contributed by atoms with Gasteiger partial charge in [-0.1, -0.05) is 6.92 Å². The number of nitrogens with one attached hydrogen (secondary N) is 1. The number of hydrogen-bond donors (Lipinski definition) is 5. The average molecular weight is 206 g/mol. The molecule has 0 bridgehead atoms. The van der Waals surface area contributed by atoms with Crippen molar-refractivity contribution in [1.82, 2.24) is 5.32 Å². The van der Waals surface area contributed by atoms with Crippen LogP contribution in [-0.4, -0.2) is 52.6 Å². The molecule has 0 saturated carbocycles. The van der Waals surface area contributed by atoms with Crippen molar-refractivity contribution in [2.75, 3.05) is 19.8 Å². The molecule has 1 amide bonds. The second kappa shape index (κ2) is 5.92. The van der Waals surface area contributed by atoms with E-state index in [9.17, 15) is 4.79 Å². The third kappa shape index (κ3) is 3.22. The van der Waals surface area contributed by atoms with Crippen LogP contribution in [0.15, 0.2) is 0 Å². The van der Waals surface area contributed by atoms with Crippen molar-refractivity contribution in [3.8, 4) is 0 Å². The van der Waals surface area contributed by atoms with Gasteiger partial charge in [-0.05, 0) is 6.42 Å². The minimum atomic E-state index is -1.39. The van der Waals surface area contributed by atoms with Crippen LogP contribution in [0, 0.1) is 0 Å². The molecule has 0 spiro atoms. The minimum absolute atomic E-state index is 0.449. The number of carbonyl (C=O) groups excluding carboxylic acids is 1. The Labute approximate surface area is 82.7 Å². The number of aliphatic hydroxyl groups is 3. The van der Waals surface area contributed by atoms with Crippen LogP contribution in [0.3, 0.4) is 0 Å². The fraction of sp³-hybridized carbons (Fsp3) is 0.875. The van der Waals surface area contributed by atoms with E-state index >= 15 is 0 Å². The summed E-state index contributed by atoms with van der Waals surface area (Å²) in [5, 5.41) is 29.0. The average Bonchev–Trinajstić information content (AvgIpc) is 2.24. The molecular formula is C8H18N2O4. The highest BCUT2D eigenvalue weighted by Gasteiger charge is 2.31. The van der Waals surface area contributed by atoms with Gasteiger partial charge in [-0.25, -0.2) is 0 Å². The lowest BCUT2D eigenvalue weighted by atomic mass is 10.0. The molecule has 6 nitrogen and oxygen atoms in total. The van der Waals surface area contributed by atoms with E-state index in [0.29, 0.717) is 6.42 Å². The van der Waals surface area contributed by atoms with Crippen LogP contribution in [0.25, 0.3) is 0 Å². The van der Waals surface area contributed by atoms with E-state index in [4.69, 9.17) is 21.1 Å². The highest BCUT2D eigenvalue weighted by Crippen LogP contribution is 2.02. The largest absolute Gasteiger partial charge is 0.394 e. The van der Waals surface area contributed by atoms with E-state index in [2.05, 4.69) is 5.32 Å². The van der Waals surface area contributed by atoms with Crippen molar-refractivity contribution in [2.24, 2.45) is 5.73 Å². The zero-order chi connectivity index (χ0) is 11.2. The molecule has 0 aromatic rings. The molecule has 0 aromatic carbocycles. The first-order chi connectivity index (χ1) is 6.55. The number of hydrogen-bond acceptors (Lipinski definition) is 5. The normalized spacial score (nSPS) is 13.8. The fourth-order valence-corrected chi connectivity index (χ4v) is 0.808. The van der Waals surface area contributed by atoms with Crippen molar-refractivity contribution in [1.29, 1.82) is 0 Å². The predicted molar refractivity (Wildman–Crippen MR) is 50.4 cm³/mol. The first kappa shape index (κ1) is 13.3. The first-order valence-corrected chi connectivity index (χ1v) is 4.45. The molecule has 6 N–H and O–H groups in total. The van der Waals surface area contributed by atoms with Gasteiger partial charge in [0.25, 0.3) is 0 Å². The lowest BCUT2D eigenvalue weighted by Gasteiger charge is -2.29. The molecule has 0 fully saturated rings. The van der Waals surface area contributed by atoms with Crippen LogP contribution in [-0.2, 0) is 4.79 Å². The van der Waals surface area contributed by atoms with Crippen molar-refractivity contribution in [2.45, 2.75) is 24.9 Å². The summed E-state index contributed by atoms with van der Waals surface area (Å²) in [6.45, 7) is 0.120. The van der Waals surface area contributed by atoms with Crippen LogP contribution in [0.4, 0.5) is 0 Å². The summed E-state index contributed by atoms with van der Waals surface area (Å²) in [4.78, 5) is 11.3. The predicted octanol–water partition coefficient (Wildman–Crippen LogP) is -2.44. The van der Waals surface area contributed by atoms with E-state index in [1.54, 1.807) is 6.92 Å². The number of nitrogens with two attached hydrogens (primary N) is 1. The van der Waals surface area contributed by atoms with Crippen LogP contribution in [0.5, 0.6) is 0 Å². The van der Waals surface area contributed by atoms with E-state index < -0.39 is 37.3 Å². The molecule has 0 aliphatic rings. The molecule has 0 saturated heterocycles. The molecule has 0 aliphatic heterocycles. The van der Waals surface area contributed by atoms with Crippen molar-refractivity contribution in [3.05, 3.63) is 0 Å². The van der Waals surface area contributed by atoms with Gasteiger partial charge >= 0.3 is 0 Å². The zero-order valence-corrected chi connectivity index (χ0v) is 8.23. The van der Waals surface area contributed by atoms with E-state index in [1.807, 2.05) is 0 Å². The monoisotopic (exact) mass is 206 g/mol.